The van der Waals surface area contributed by atoms with Gasteiger partial charge in [0.1, 0.15) is 12.1 Å². The van der Waals surface area contributed by atoms with Crippen LogP contribution < -0.4 is 10.0 Å². The number of likely N-dealkylation sites (N-methyl/N-ethyl adjacent to an activating group) is 1. The summed E-state index contributed by atoms with van der Waals surface area (Å²) >= 11 is 6.88. The molecule has 0 aliphatic carbocycles. The predicted molar refractivity (Wildman–Crippen MR) is 138 cm³/mol. The van der Waals surface area contributed by atoms with E-state index in [-0.39, 0.29) is 22.9 Å². The van der Waals surface area contributed by atoms with Gasteiger partial charge in [0.05, 0.1) is 22.7 Å². The number of aldehydes is 1. The van der Waals surface area contributed by atoms with Gasteiger partial charge in [-0.2, -0.15) is 0 Å². The molecule has 3 unspecified atom stereocenters. The van der Waals surface area contributed by atoms with E-state index in [4.69, 9.17) is 16.7 Å². The Morgan fingerprint density at radius 1 is 1.38 bits per heavy atom. The average Bonchev–Trinajstić information content (AvgIpc) is 3.31. The highest BCUT2D eigenvalue weighted by atomic mass is 35.5. The summed E-state index contributed by atoms with van der Waals surface area (Å²) in [6, 6.07) is 5.98. The van der Waals surface area contributed by atoms with E-state index < -0.39 is 16.8 Å². The molecule has 1 fully saturated rings. The van der Waals surface area contributed by atoms with Gasteiger partial charge in [-0.05, 0) is 43.6 Å². The molecule has 1 aliphatic rings. The van der Waals surface area contributed by atoms with Crippen LogP contribution in [0.25, 0.3) is 0 Å². The van der Waals surface area contributed by atoms with Crippen molar-refractivity contribution in [2.75, 3.05) is 19.4 Å². The van der Waals surface area contributed by atoms with E-state index in [9.17, 15) is 14.0 Å². The summed E-state index contributed by atoms with van der Waals surface area (Å²) in [5.74, 6) is 2.65. The van der Waals surface area contributed by atoms with Crippen molar-refractivity contribution in [2.45, 2.75) is 46.2 Å². The number of aromatic carboxylic acids is 1. The van der Waals surface area contributed by atoms with Crippen LogP contribution in [-0.4, -0.2) is 47.7 Å². The van der Waals surface area contributed by atoms with Crippen molar-refractivity contribution in [3.63, 3.8) is 0 Å². The van der Waals surface area contributed by atoms with Crippen molar-refractivity contribution in [1.29, 1.82) is 0 Å². The summed E-state index contributed by atoms with van der Waals surface area (Å²) in [5, 5.41) is 13.5. The molecule has 1 aromatic heterocycles. The number of carbonyl (C=O) groups is 2. The summed E-state index contributed by atoms with van der Waals surface area (Å²) < 4.78 is 17.7. The molecule has 10 heteroatoms. The van der Waals surface area contributed by atoms with Crippen LogP contribution in [0.5, 0.6) is 0 Å². The fourth-order valence-electron chi connectivity index (χ4n) is 2.46. The molecular weight excluding hydrogens is 473 g/mol. The Bertz CT molecular complexity index is 880. The lowest BCUT2D eigenvalue weighted by molar-refractivity contribution is -0.111. The number of hydrogen-bond acceptors (Lipinski definition) is 6. The Labute approximate surface area is 202 Å². The number of carbonyl (C=O) groups excluding carboxylic acids is 1. The number of benzene rings is 1. The molecule has 0 bridgehead atoms. The van der Waals surface area contributed by atoms with Crippen molar-refractivity contribution in [3.8, 4) is 0 Å². The molecule has 2 heterocycles. The zero-order valence-corrected chi connectivity index (χ0v) is 21.7. The van der Waals surface area contributed by atoms with E-state index >= 15 is 0 Å². The fraction of sp³-hybridized carbons (Fsp3) is 0.409. The first kappa shape index (κ1) is 30.2. The summed E-state index contributed by atoms with van der Waals surface area (Å²) in [5.41, 5.74) is 1.11. The molecule has 1 aromatic carbocycles. The maximum absolute atomic E-state index is 12.5. The lowest BCUT2D eigenvalue weighted by Gasteiger charge is -2.36. The van der Waals surface area contributed by atoms with Gasteiger partial charge in [-0.25, -0.2) is 18.2 Å². The Morgan fingerprint density at radius 3 is 2.47 bits per heavy atom. The van der Waals surface area contributed by atoms with Gasteiger partial charge in [0.15, 0.2) is 0 Å². The molecule has 3 rings (SSSR count). The standard InChI is InChI=1S/C11H14N2O3S2.C7H7ClFN.2C2H6/c1-13-8(5-14)4-9(12-18(13)2)10-3-7(6-17-10)11(15)16;1-10-5-2-3-7(9)6(8)4-5;2*1-2/h3,5-6,8-9,12H,2,4H2,1H3,(H,15,16);2-4,10H,1H3;2*1-2H3. The minimum absolute atomic E-state index is 0.00432. The van der Waals surface area contributed by atoms with E-state index in [0.29, 0.717) is 12.0 Å². The minimum Gasteiger partial charge on any atom is -0.478 e. The first-order valence-electron chi connectivity index (χ1n) is 10.2. The van der Waals surface area contributed by atoms with Crippen LogP contribution in [0.1, 0.15) is 55.4 Å². The first-order valence-corrected chi connectivity index (χ1v) is 12.8. The molecule has 1 saturated heterocycles. The van der Waals surface area contributed by atoms with Gasteiger partial charge in [-0.3, -0.25) is 0 Å². The molecule has 2 aromatic rings. The molecule has 3 N–H and O–H groups in total. The topological polar surface area (TPSA) is 81.7 Å². The second-order valence-electron chi connectivity index (χ2n) is 5.94. The molecule has 0 amide bonds. The molecule has 6 nitrogen and oxygen atoms in total. The normalized spacial score (nSPS) is 19.7. The third-order valence-corrected chi connectivity index (χ3v) is 7.00. The number of halogens is 2. The molecule has 0 radical (unpaired) electrons. The number of carboxylic acid groups (broad SMARTS) is 1. The predicted octanol–water partition coefficient (Wildman–Crippen LogP) is 6.08. The number of anilines is 1. The maximum atomic E-state index is 12.5. The smallest absolute Gasteiger partial charge is 0.336 e. The summed E-state index contributed by atoms with van der Waals surface area (Å²) in [6.45, 7) is 8.00. The van der Waals surface area contributed by atoms with Crippen molar-refractivity contribution >= 4 is 57.6 Å². The Kier molecular flexibility index (Phi) is 15.0. The molecule has 3 atom stereocenters. The molecule has 180 valence electrons. The second kappa shape index (κ2) is 15.9. The third kappa shape index (κ3) is 8.99. The number of hydrogen-bond donors (Lipinski definition) is 3. The van der Waals surface area contributed by atoms with Crippen molar-refractivity contribution < 1.29 is 19.1 Å². The fourth-order valence-corrected chi connectivity index (χ4v) is 4.85. The van der Waals surface area contributed by atoms with Gasteiger partial charge >= 0.3 is 5.97 Å². The molecule has 0 spiro atoms. The second-order valence-corrected chi connectivity index (χ2v) is 8.83. The largest absolute Gasteiger partial charge is 0.478 e. The molecule has 1 aliphatic heterocycles. The van der Waals surface area contributed by atoms with E-state index in [0.717, 1.165) is 16.9 Å². The highest BCUT2D eigenvalue weighted by Crippen LogP contribution is 2.35. The summed E-state index contributed by atoms with van der Waals surface area (Å²) in [7, 11) is 3.17. The van der Waals surface area contributed by atoms with Gasteiger partial charge in [0.25, 0.3) is 0 Å². The van der Waals surface area contributed by atoms with Gasteiger partial charge < -0.3 is 15.2 Å². The summed E-state index contributed by atoms with van der Waals surface area (Å²) in [4.78, 5) is 22.8. The average molecular weight is 506 g/mol. The number of rotatable bonds is 4. The number of thiophene rings is 1. The van der Waals surface area contributed by atoms with Crippen LogP contribution in [0.15, 0.2) is 29.6 Å². The lowest BCUT2D eigenvalue weighted by atomic mass is 10.1. The van der Waals surface area contributed by atoms with Gasteiger partial charge in [-0.1, -0.05) is 50.2 Å². The van der Waals surface area contributed by atoms with Crippen LogP contribution in [0.4, 0.5) is 10.1 Å². The van der Waals surface area contributed by atoms with Gasteiger partial charge in [-0.15, -0.1) is 11.3 Å². The monoisotopic (exact) mass is 505 g/mol. The van der Waals surface area contributed by atoms with Crippen LogP contribution in [0, 0.1) is 5.82 Å². The van der Waals surface area contributed by atoms with Crippen LogP contribution >= 0.6 is 33.8 Å². The van der Waals surface area contributed by atoms with Crippen LogP contribution in [0.3, 0.4) is 0 Å². The number of carboxylic acids is 1. The number of nitrogens with zero attached hydrogens (tertiary/aromatic N) is 1. The highest BCUT2D eigenvalue weighted by Gasteiger charge is 2.29. The Hall–Kier alpha value is -1.78. The van der Waals surface area contributed by atoms with Crippen molar-refractivity contribution in [1.82, 2.24) is 9.03 Å². The van der Waals surface area contributed by atoms with E-state index in [1.54, 1.807) is 24.6 Å². The highest BCUT2D eigenvalue weighted by molar-refractivity contribution is 8.10. The minimum atomic E-state index is -0.925. The van der Waals surface area contributed by atoms with Crippen molar-refractivity contribution in [3.05, 3.63) is 50.9 Å². The van der Waals surface area contributed by atoms with E-state index in [2.05, 4.69) is 15.9 Å². The van der Waals surface area contributed by atoms with Crippen LogP contribution in [0.2, 0.25) is 5.02 Å². The van der Waals surface area contributed by atoms with Gasteiger partial charge in [0.2, 0.25) is 0 Å². The van der Waals surface area contributed by atoms with E-state index in [1.165, 1.54) is 23.5 Å². The lowest BCUT2D eigenvalue weighted by Crippen LogP contribution is -2.41. The molecule has 32 heavy (non-hydrogen) atoms. The summed E-state index contributed by atoms with van der Waals surface area (Å²) in [6.07, 6.45) is 1.56. The molecular formula is C22H33ClFN3O3S2. The SMILES string of the molecule is C=S1NC(c2cc(C(=O)O)cs2)CC(C=O)N1C.CC.CC.CNc1ccc(F)c(Cl)c1. The zero-order valence-electron chi connectivity index (χ0n) is 19.3. The first-order chi connectivity index (χ1) is 15.3. The van der Waals surface area contributed by atoms with Gasteiger partial charge in [0, 0.05) is 23.0 Å². The molecule has 0 saturated carbocycles. The quantitative estimate of drug-likeness (QED) is 0.345. The number of nitrogens with one attached hydrogen (secondary N) is 2. The van der Waals surface area contributed by atoms with Crippen LogP contribution in [-0.2, 0) is 4.79 Å². The maximum Gasteiger partial charge on any atom is 0.336 e. The Morgan fingerprint density at radius 2 is 2.00 bits per heavy atom. The third-order valence-electron chi connectivity index (χ3n) is 4.15. The zero-order chi connectivity index (χ0) is 24.8. The Balaban J connectivity index is 0.000000582. The van der Waals surface area contributed by atoms with Crippen molar-refractivity contribution in [2.24, 2.45) is 0 Å². The van der Waals surface area contributed by atoms with E-state index in [1.807, 2.05) is 39.0 Å².